The lowest BCUT2D eigenvalue weighted by Crippen LogP contribution is -2.26. The molecule has 1 aromatic carbocycles. The lowest BCUT2D eigenvalue weighted by Gasteiger charge is -2.17. The molecule has 0 radical (unpaired) electrons. The summed E-state index contributed by atoms with van der Waals surface area (Å²) in [5, 5.41) is 4.10. The van der Waals surface area contributed by atoms with E-state index in [1.165, 1.54) is 0 Å². The molecule has 2 rings (SSSR count). The van der Waals surface area contributed by atoms with Crippen molar-refractivity contribution < 1.29 is 9.53 Å². The van der Waals surface area contributed by atoms with E-state index in [2.05, 4.69) is 5.10 Å². The molecule has 0 N–H and O–H groups in total. The topological polar surface area (TPSA) is 47.4 Å². The minimum atomic E-state index is -0.0292. The fraction of sp³-hybridized carbons (Fsp3) is 0.333. The zero-order valence-electron chi connectivity index (χ0n) is 12.3. The third-order valence-electron chi connectivity index (χ3n) is 3.37. The van der Waals surface area contributed by atoms with Gasteiger partial charge >= 0.3 is 0 Å². The summed E-state index contributed by atoms with van der Waals surface area (Å²) in [6, 6.07) is 7.71. The Morgan fingerprint density at radius 1 is 1.45 bits per heavy atom. The molecule has 2 aromatic rings. The van der Waals surface area contributed by atoms with E-state index in [-0.39, 0.29) is 5.91 Å². The summed E-state index contributed by atoms with van der Waals surface area (Å²) in [5.41, 5.74) is 2.53. The zero-order chi connectivity index (χ0) is 14.7. The number of aromatic nitrogens is 2. The van der Waals surface area contributed by atoms with Crippen LogP contribution in [0.15, 0.2) is 30.5 Å². The number of ether oxygens (including phenoxy) is 1. The minimum absolute atomic E-state index is 0.0292. The number of nitrogens with zero attached hydrogens (tertiary/aromatic N) is 3. The van der Waals surface area contributed by atoms with Gasteiger partial charge in [0, 0.05) is 26.3 Å². The third-order valence-corrected chi connectivity index (χ3v) is 3.37. The normalized spacial score (nSPS) is 10.4. The molecule has 5 nitrogen and oxygen atoms in total. The van der Waals surface area contributed by atoms with Gasteiger partial charge in [0.05, 0.1) is 18.9 Å². The summed E-state index contributed by atoms with van der Waals surface area (Å²) < 4.78 is 6.89. The van der Waals surface area contributed by atoms with Crippen LogP contribution in [0.3, 0.4) is 0 Å². The highest BCUT2D eigenvalue weighted by Crippen LogP contribution is 2.15. The summed E-state index contributed by atoms with van der Waals surface area (Å²) in [7, 11) is 5.25. The first-order chi connectivity index (χ1) is 9.52. The Kier molecular flexibility index (Phi) is 4.08. The zero-order valence-corrected chi connectivity index (χ0v) is 12.3. The summed E-state index contributed by atoms with van der Waals surface area (Å²) in [6.45, 7) is 2.42. The van der Waals surface area contributed by atoms with Gasteiger partial charge in [-0.25, -0.2) is 0 Å². The van der Waals surface area contributed by atoms with Crippen molar-refractivity contribution in [2.75, 3.05) is 14.2 Å². The largest absolute Gasteiger partial charge is 0.497 e. The van der Waals surface area contributed by atoms with E-state index in [0.29, 0.717) is 12.1 Å². The predicted molar refractivity (Wildman–Crippen MR) is 76.7 cm³/mol. The van der Waals surface area contributed by atoms with Crippen molar-refractivity contribution in [1.82, 2.24) is 14.7 Å². The van der Waals surface area contributed by atoms with Gasteiger partial charge in [0.2, 0.25) is 0 Å². The molecule has 0 fully saturated rings. The van der Waals surface area contributed by atoms with E-state index in [0.717, 1.165) is 17.0 Å². The molecular weight excluding hydrogens is 254 g/mol. The predicted octanol–water partition coefficient (Wildman–Crippen LogP) is 2.01. The number of rotatable bonds is 4. The second kappa shape index (κ2) is 5.77. The number of amides is 1. The monoisotopic (exact) mass is 273 g/mol. The molecule has 20 heavy (non-hydrogen) atoms. The van der Waals surface area contributed by atoms with Crippen LogP contribution < -0.4 is 4.74 Å². The number of benzene rings is 1. The van der Waals surface area contributed by atoms with Gasteiger partial charge < -0.3 is 9.64 Å². The van der Waals surface area contributed by atoms with Crippen LogP contribution in [-0.2, 0) is 13.6 Å². The third kappa shape index (κ3) is 2.82. The average Bonchev–Trinajstić information content (AvgIpc) is 2.78. The number of hydrogen-bond donors (Lipinski definition) is 0. The van der Waals surface area contributed by atoms with Crippen molar-refractivity contribution >= 4 is 5.91 Å². The first-order valence-electron chi connectivity index (χ1n) is 6.40. The average molecular weight is 273 g/mol. The number of carbonyl (C=O) groups excluding carboxylic acids is 1. The molecular formula is C15H19N3O2. The molecule has 1 amide bonds. The van der Waals surface area contributed by atoms with Gasteiger partial charge in [0.25, 0.3) is 5.91 Å². The van der Waals surface area contributed by atoms with Crippen LogP contribution in [0, 0.1) is 6.92 Å². The van der Waals surface area contributed by atoms with Gasteiger partial charge in [-0.1, -0.05) is 12.1 Å². The summed E-state index contributed by atoms with van der Waals surface area (Å²) in [5.74, 6) is 0.763. The van der Waals surface area contributed by atoms with E-state index in [4.69, 9.17) is 4.74 Å². The maximum absolute atomic E-state index is 12.4. The molecule has 0 saturated carbocycles. The highest BCUT2D eigenvalue weighted by Gasteiger charge is 2.17. The Morgan fingerprint density at radius 2 is 2.20 bits per heavy atom. The van der Waals surface area contributed by atoms with Crippen LogP contribution in [0.5, 0.6) is 5.75 Å². The maximum atomic E-state index is 12.4. The molecule has 0 unspecified atom stereocenters. The van der Waals surface area contributed by atoms with Gasteiger partial charge in [0.1, 0.15) is 5.75 Å². The van der Waals surface area contributed by atoms with Crippen LogP contribution in [0.2, 0.25) is 0 Å². The fourth-order valence-corrected chi connectivity index (χ4v) is 2.03. The van der Waals surface area contributed by atoms with E-state index >= 15 is 0 Å². The van der Waals surface area contributed by atoms with E-state index in [1.54, 1.807) is 29.9 Å². The van der Waals surface area contributed by atoms with Crippen LogP contribution in [0.4, 0.5) is 0 Å². The molecule has 0 saturated heterocycles. The molecule has 0 spiro atoms. The van der Waals surface area contributed by atoms with Crippen molar-refractivity contribution in [3.05, 3.63) is 47.3 Å². The van der Waals surface area contributed by atoms with Gasteiger partial charge in [0.15, 0.2) is 0 Å². The molecule has 0 aliphatic rings. The Hall–Kier alpha value is -2.30. The van der Waals surface area contributed by atoms with Crippen LogP contribution in [0.25, 0.3) is 0 Å². The quantitative estimate of drug-likeness (QED) is 0.856. The molecule has 0 aliphatic heterocycles. The highest BCUT2D eigenvalue weighted by molar-refractivity contribution is 5.94. The first kappa shape index (κ1) is 14.1. The molecule has 0 bridgehead atoms. The van der Waals surface area contributed by atoms with Crippen molar-refractivity contribution in [3.8, 4) is 5.75 Å². The Labute approximate surface area is 118 Å². The maximum Gasteiger partial charge on any atom is 0.257 e. The van der Waals surface area contributed by atoms with Crippen molar-refractivity contribution in [3.63, 3.8) is 0 Å². The lowest BCUT2D eigenvalue weighted by atomic mass is 10.2. The van der Waals surface area contributed by atoms with Crippen molar-refractivity contribution in [1.29, 1.82) is 0 Å². The number of aryl methyl sites for hydroxylation is 1. The van der Waals surface area contributed by atoms with Crippen LogP contribution in [0.1, 0.15) is 21.6 Å². The van der Waals surface area contributed by atoms with Gasteiger partial charge in [-0.3, -0.25) is 9.48 Å². The number of methoxy groups -OCH3 is 1. The number of hydrogen-bond acceptors (Lipinski definition) is 3. The fourth-order valence-electron chi connectivity index (χ4n) is 2.03. The van der Waals surface area contributed by atoms with E-state index < -0.39 is 0 Å². The second-order valence-electron chi connectivity index (χ2n) is 4.78. The minimum Gasteiger partial charge on any atom is -0.497 e. The van der Waals surface area contributed by atoms with Gasteiger partial charge in [-0.15, -0.1) is 0 Å². The molecule has 5 heteroatoms. The van der Waals surface area contributed by atoms with Crippen LogP contribution >= 0.6 is 0 Å². The standard InChI is InChI=1S/C15H19N3O2/c1-11-14(9-16-18(11)3)15(19)17(2)10-12-6-5-7-13(8-12)20-4/h5-9H,10H2,1-4H3. The smallest absolute Gasteiger partial charge is 0.257 e. The van der Waals surface area contributed by atoms with Crippen molar-refractivity contribution in [2.24, 2.45) is 7.05 Å². The Morgan fingerprint density at radius 3 is 2.80 bits per heavy atom. The van der Waals surface area contributed by atoms with Crippen molar-refractivity contribution in [2.45, 2.75) is 13.5 Å². The molecule has 1 heterocycles. The SMILES string of the molecule is COc1cccc(CN(C)C(=O)c2cnn(C)c2C)c1. The summed E-state index contributed by atoms with van der Waals surface area (Å²) >= 11 is 0. The summed E-state index contributed by atoms with van der Waals surface area (Å²) in [6.07, 6.45) is 1.61. The Bertz CT molecular complexity index is 619. The highest BCUT2D eigenvalue weighted by atomic mass is 16.5. The second-order valence-corrected chi connectivity index (χ2v) is 4.78. The number of carbonyl (C=O) groups is 1. The van der Waals surface area contributed by atoms with Gasteiger partial charge in [-0.2, -0.15) is 5.10 Å². The summed E-state index contributed by atoms with van der Waals surface area (Å²) in [4.78, 5) is 14.1. The molecule has 1 aromatic heterocycles. The molecule has 0 aliphatic carbocycles. The van der Waals surface area contributed by atoms with E-state index in [9.17, 15) is 4.79 Å². The molecule has 106 valence electrons. The van der Waals surface area contributed by atoms with E-state index in [1.807, 2.05) is 38.2 Å². The molecule has 0 atom stereocenters. The van der Waals surface area contributed by atoms with Crippen LogP contribution in [-0.4, -0.2) is 34.7 Å². The van der Waals surface area contributed by atoms with Gasteiger partial charge in [-0.05, 0) is 24.6 Å². The first-order valence-corrected chi connectivity index (χ1v) is 6.40. The Balaban J connectivity index is 2.13. The lowest BCUT2D eigenvalue weighted by molar-refractivity contribution is 0.0784.